The maximum absolute atomic E-state index is 13.9. The van der Waals surface area contributed by atoms with E-state index >= 15 is 0 Å². The average molecular weight is 470 g/mol. The summed E-state index contributed by atoms with van der Waals surface area (Å²) in [4.78, 5) is 30.5. The molecule has 1 saturated heterocycles. The fourth-order valence-corrected chi connectivity index (χ4v) is 3.91. The maximum atomic E-state index is 13.9. The van der Waals surface area contributed by atoms with Crippen LogP contribution >= 0.6 is 11.6 Å². The minimum Gasteiger partial charge on any atom is -0.459 e. The second-order valence-electron chi connectivity index (χ2n) is 8.07. The molecule has 0 saturated carbocycles. The number of nitrogens with zero attached hydrogens (tertiary/aromatic N) is 3. The van der Waals surface area contributed by atoms with Gasteiger partial charge in [0.05, 0.1) is 18.7 Å². The number of carbonyl (C=O) groups excluding carboxylic acids is 2. The molecule has 8 heteroatoms. The van der Waals surface area contributed by atoms with E-state index in [1.807, 2.05) is 29.2 Å². The van der Waals surface area contributed by atoms with E-state index in [1.54, 1.807) is 41.1 Å². The molecule has 172 valence electrons. The third-order valence-corrected chi connectivity index (χ3v) is 5.98. The first kappa shape index (κ1) is 23.0. The fourth-order valence-electron chi connectivity index (χ4n) is 3.78. The fraction of sp³-hybridized carbons (Fsp3) is 0.280. The summed E-state index contributed by atoms with van der Waals surface area (Å²) in [5, 5.41) is 0.660. The van der Waals surface area contributed by atoms with Gasteiger partial charge in [0.2, 0.25) is 5.91 Å². The third-order valence-electron chi connectivity index (χ3n) is 5.73. The number of hydrogen-bond donors (Lipinski definition) is 0. The smallest absolute Gasteiger partial charge is 0.256 e. The zero-order valence-corrected chi connectivity index (χ0v) is 19.1. The van der Waals surface area contributed by atoms with Gasteiger partial charge in [-0.15, -0.1) is 0 Å². The molecule has 0 aliphatic carbocycles. The Balaban J connectivity index is 1.26. The number of likely N-dealkylation sites (N-methyl/N-ethyl adjacent to an activating group) is 1. The van der Waals surface area contributed by atoms with E-state index in [1.165, 1.54) is 12.1 Å². The number of amides is 2. The van der Waals surface area contributed by atoms with E-state index in [9.17, 15) is 14.0 Å². The predicted octanol–water partition coefficient (Wildman–Crippen LogP) is 4.16. The van der Waals surface area contributed by atoms with Crippen molar-refractivity contribution in [3.05, 3.63) is 82.8 Å². The third kappa shape index (κ3) is 5.61. The summed E-state index contributed by atoms with van der Waals surface area (Å²) in [7, 11) is 1.74. The molecule has 33 heavy (non-hydrogen) atoms. The van der Waals surface area contributed by atoms with Gasteiger partial charge in [-0.25, -0.2) is 4.39 Å². The number of furan rings is 1. The lowest BCUT2D eigenvalue weighted by Gasteiger charge is -2.35. The minimum absolute atomic E-state index is 0.0340. The second kappa shape index (κ2) is 10.2. The molecule has 3 aromatic rings. The van der Waals surface area contributed by atoms with E-state index in [2.05, 4.69) is 0 Å². The topological polar surface area (TPSA) is 57.0 Å². The molecule has 0 unspecified atom stereocenters. The van der Waals surface area contributed by atoms with Crippen molar-refractivity contribution in [1.29, 1.82) is 0 Å². The first-order valence-electron chi connectivity index (χ1n) is 10.8. The first-order chi connectivity index (χ1) is 15.9. The number of halogens is 2. The van der Waals surface area contributed by atoms with Crippen molar-refractivity contribution in [2.24, 2.45) is 0 Å². The van der Waals surface area contributed by atoms with Gasteiger partial charge in [0, 0.05) is 43.8 Å². The van der Waals surface area contributed by atoms with Crippen LogP contribution in [0.2, 0.25) is 5.02 Å². The van der Waals surface area contributed by atoms with E-state index in [0.717, 1.165) is 11.3 Å². The van der Waals surface area contributed by atoms with Crippen LogP contribution in [0, 0.1) is 5.82 Å². The van der Waals surface area contributed by atoms with Crippen LogP contribution in [0.1, 0.15) is 16.1 Å². The number of carbonyl (C=O) groups is 2. The highest BCUT2D eigenvalue weighted by atomic mass is 35.5. The largest absolute Gasteiger partial charge is 0.459 e. The van der Waals surface area contributed by atoms with Crippen molar-refractivity contribution in [1.82, 2.24) is 14.7 Å². The Kier molecular flexibility index (Phi) is 7.11. The normalized spacial score (nSPS) is 14.3. The Morgan fingerprint density at radius 2 is 1.70 bits per heavy atom. The molecule has 0 radical (unpaired) electrons. The van der Waals surface area contributed by atoms with Crippen molar-refractivity contribution in [3.8, 4) is 11.3 Å². The molecule has 6 nitrogen and oxygen atoms in total. The summed E-state index contributed by atoms with van der Waals surface area (Å²) in [5.74, 6) is 0.548. The quantitative estimate of drug-likeness (QED) is 0.544. The van der Waals surface area contributed by atoms with Crippen molar-refractivity contribution in [2.45, 2.75) is 6.54 Å². The summed E-state index contributed by atoms with van der Waals surface area (Å²) in [6.45, 7) is 2.63. The van der Waals surface area contributed by atoms with Crippen molar-refractivity contribution >= 4 is 23.4 Å². The number of rotatable bonds is 6. The number of piperazine rings is 1. The lowest BCUT2D eigenvalue weighted by atomic mass is 10.1. The Morgan fingerprint density at radius 3 is 2.39 bits per heavy atom. The van der Waals surface area contributed by atoms with Crippen molar-refractivity contribution in [3.63, 3.8) is 0 Å². The maximum Gasteiger partial charge on any atom is 0.256 e. The number of hydrogen-bond acceptors (Lipinski definition) is 4. The molecular weight excluding hydrogens is 445 g/mol. The second-order valence-corrected chi connectivity index (χ2v) is 8.51. The highest BCUT2D eigenvalue weighted by Crippen LogP contribution is 2.24. The van der Waals surface area contributed by atoms with Gasteiger partial charge in [-0.1, -0.05) is 23.7 Å². The highest BCUT2D eigenvalue weighted by molar-refractivity contribution is 6.30. The molecule has 2 heterocycles. The lowest BCUT2D eigenvalue weighted by molar-refractivity contribution is -0.132. The van der Waals surface area contributed by atoms with Gasteiger partial charge < -0.3 is 14.2 Å². The monoisotopic (exact) mass is 469 g/mol. The molecular formula is C25H25ClFN3O3. The van der Waals surface area contributed by atoms with Crippen LogP contribution in [0.3, 0.4) is 0 Å². The molecule has 1 fully saturated rings. The van der Waals surface area contributed by atoms with Crippen LogP contribution in [0.15, 0.2) is 65.1 Å². The van der Waals surface area contributed by atoms with Gasteiger partial charge in [0.1, 0.15) is 17.3 Å². The van der Waals surface area contributed by atoms with Crippen LogP contribution < -0.4 is 0 Å². The molecule has 2 aromatic carbocycles. The Morgan fingerprint density at radius 1 is 1.00 bits per heavy atom. The van der Waals surface area contributed by atoms with E-state index in [0.29, 0.717) is 43.5 Å². The summed E-state index contributed by atoms with van der Waals surface area (Å²) in [5.41, 5.74) is 1.00. The zero-order valence-electron chi connectivity index (χ0n) is 18.3. The summed E-state index contributed by atoms with van der Waals surface area (Å²) in [6, 6.07) is 17.1. The molecule has 1 aliphatic rings. The predicted molar refractivity (Wildman–Crippen MR) is 124 cm³/mol. The Bertz CT molecular complexity index is 1120. The van der Waals surface area contributed by atoms with Gasteiger partial charge in [0.25, 0.3) is 5.91 Å². The van der Waals surface area contributed by atoms with Gasteiger partial charge >= 0.3 is 0 Å². The minimum atomic E-state index is -0.515. The summed E-state index contributed by atoms with van der Waals surface area (Å²) >= 11 is 5.93. The molecule has 0 spiro atoms. The van der Waals surface area contributed by atoms with Crippen molar-refractivity contribution < 1.29 is 18.4 Å². The molecule has 2 amide bonds. The molecule has 0 bridgehead atoms. The zero-order chi connectivity index (χ0) is 23.4. The van der Waals surface area contributed by atoms with Crippen LogP contribution in [0.25, 0.3) is 11.3 Å². The SMILES string of the molecule is CN(Cc1ccc(-c2ccc(Cl)cc2)o1)C(=O)CN1CCN(C(=O)c2ccccc2F)CC1. The summed E-state index contributed by atoms with van der Waals surface area (Å²) < 4.78 is 19.8. The Hall–Kier alpha value is -3.16. The standard InChI is InChI=1S/C25H25ClFN3O3/c1-28(16-20-10-11-23(33-20)18-6-8-19(26)9-7-18)24(31)17-29-12-14-30(15-13-29)25(32)21-4-2-3-5-22(21)27/h2-11H,12-17H2,1H3. The van der Waals surface area contributed by atoms with E-state index in [-0.39, 0.29) is 23.9 Å². The molecule has 0 N–H and O–H groups in total. The lowest BCUT2D eigenvalue weighted by Crippen LogP contribution is -2.51. The van der Waals surface area contributed by atoms with Crippen LogP contribution in [0.5, 0.6) is 0 Å². The van der Waals surface area contributed by atoms with Crippen LogP contribution in [-0.2, 0) is 11.3 Å². The summed E-state index contributed by atoms with van der Waals surface area (Å²) in [6.07, 6.45) is 0. The number of benzene rings is 2. The van der Waals surface area contributed by atoms with Gasteiger partial charge in [-0.3, -0.25) is 14.5 Å². The van der Waals surface area contributed by atoms with Gasteiger partial charge in [-0.05, 0) is 48.5 Å². The van der Waals surface area contributed by atoms with Gasteiger partial charge in [-0.2, -0.15) is 0 Å². The van der Waals surface area contributed by atoms with Crippen LogP contribution in [0.4, 0.5) is 4.39 Å². The van der Waals surface area contributed by atoms with E-state index in [4.69, 9.17) is 16.0 Å². The first-order valence-corrected chi connectivity index (χ1v) is 11.1. The molecule has 1 aliphatic heterocycles. The van der Waals surface area contributed by atoms with Crippen LogP contribution in [-0.4, -0.2) is 66.3 Å². The Labute approximate surface area is 197 Å². The molecule has 1 aromatic heterocycles. The average Bonchev–Trinajstić information content (AvgIpc) is 3.28. The van der Waals surface area contributed by atoms with Crippen molar-refractivity contribution in [2.75, 3.05) is 39.8 Å². The highest BCUT2D eigenvalue weighted by Gasteiger charge is 2.25. The van der Waals surface area contributed by atoms with Gasteiger partial charge in [0.15, 0.2) is 0 Å². The molecule has 4 rings (SSSR count). The molecule has 0 atom stereocenters. The van der Waals surface area contributed by atoms with E-state index < -0.39 is 5.82 Å².